The van der Waals surface area contributed by atoms with Crippen LogP contribution in [0.15, 0.2) is 82.4 Å². The number of hydrogen-bond acceptors (Lipinski definition) is 5. The Bertz CT molecular complexity index is 1550. The molecule has 5 nitrogen and oxygen atoms in total. The van der Waals surface area contributed by atoms with Crippen molar-refractivity contribution in [1.29, 1.82) is 5.26 Å². The number of aliphatic hydroxyl groups is 1. The summed E-state index contributed by atoms with van der Waals surface area (Å²) >= 11 is 13.4. The summed E-state index contributed by atoms with van der Waals surface area (Å²) in [7, 11) is 0. The Labute approximate surface area is 251 Å². The second kappa shape index (κ2) is 12.3. The third kappa shape index (κ3) is 6.62. The van der Waals surface area contributed by atoms with Gasteiger partial charge in [0.25, 0.3) is 0 Å². The van der Waals surface area contributed by atoms with Gasteiger partial charge in [0.05, 0.1) is 33.5 Å². The molecule has 3 aromatic rings. The van der Waals surface area contributed by atoms with Crippen LogP contribution in [0.4, 0.5) is 0 Å². The number of rotatable bonds is 10. The van der Waals surface area contributed by atoms with Crippen LogP contribution in [0.2, 0.25) is 5.02 Å². The van der Waals surface area contributed by atoms with E-state index in [1.807, 2.05) is 62.4 Å². The van der Waals surface area contributed by atoms with Crippen molar-refractivity contribution in [3.05, 3.63) is 117 Å². The van der Waals surface area contributed by atoms with Gasteiger partial charge < -0.3 is 14.4 Å². The summed E-state index contributed by atoms with van der Waals surface area (Å²) in [4.78, 5) is 0. The van der Waals surface area contributed by atoms with E-state index in [-0.39, 0.29) is 18.4 Å². The summed E-state index contributed by atoms with van der Waals surface area (Å²) in [6.07, 6.45) is 9.74. The van der Waals surface area contributed by atoms with Gasteiger partial charge in [-0.05, 0) is 80.9 Å². The van der Waals surface area contributed by atoms with E-state index in [0.29, 0.717) is 45.7 Å². The lowest BCUT2D eigenvalue weighted by Gasteiger charge is -2.25. The van der Waals surface area contributed by atoms with Crippen LogP contribution in [0.1, 0.15) is 97.4 Å². The quantitative estimate of drug-likeness (QED) is 0.239. The van der Waals surface area contributed by atoms with E-state index in [1.54, 1.807) is 12.1 Å². The Balaban J connectivity index is 1.31. The molecule has 1 heterocycles. The van der Waals surface area contributed by atoms with Crippen LogP contribution >= 0.6 is 23.2 Å². The molecule has 0 saturated heterocycles. The first-order valence-corrected chi connectivity index (χ1v) is 14.8. The Morgan fingerprint density at radius 3 is 2.78 bits per heavy atom. The Morgan fingerprint density at radius 2 is 2.07 bits per heavy atom. The molecule has 2 aliphatic carbocycles. The molecule has 212 valence electrons. The van der Waals surface area contributed by atoms with Gasteiger partial charge in [-0.1, -0.05) is 77.8 Å². The monoisotopic (exact) mass is 588 g/mol. The molecule has 3 unspecified atom stereocenters. The highest BCUT2D eigenvalue weighted by Gasteiger charge is 2.41. The molecule has 0 amide bonds. The SMILES string of the molecule is C=C(C)/C=C\C=C(\Cl)C(C)c1noc(C2CC2)c1COc1ccc(C2(O)CCC(c3cccc(C#N)c3)C2)c(Cl)c1. The van der Waals surface area contributed by atoms with Gasteiger partial charge in [0, 0.05) is 22.4 Å². The molecular formula is C34H34Cl2N2O3. The zero-order valence-corrected chi connectivity index (χ0v) is 24.9. The van der Waals surface area contributed by atoms with E-state index in [0.717, 1.165) is 47.4 Å². The Hall–Kier alpha value is -3.30. The van der Waals surface area contributed by atoms with Crippen LogP contribution in [0, 0.1) is 11.3 Å². The van der Waals surface area contributed by atoms with Crippen LogP contribution in [0.5, 0.6) is 5.75 Å². The smallest absolute Gasteiger partial charge is 0.146 e. The molecule has 2 fully saturated rings. The van der Waals surface area contributed by atoms with Gasteiger partial charge in [-0.2, -0.15) is 5.26 Å². The van der Waals surface area contributed by atoms with Gasteiger partial charge in [0.1, 0.15) is 18.1 Å². The number of benzene rings is 2. The lowest BCUT2D eigenvalue weighted by Crippen LogP contribution is -2.22. The van der Waals surface area contributed by atoms with Gasteiger partial charge in [-0.15, -0.1) is 0 Å². The van der Waals surface area contributed by atoms with Crippen molar-refractivity contribution in [2.45, 2.75) is 75.9 Å². The van der Waals surface area contributed by atoms with Crippen LogP contribution in [-0.2, 0) is 12.2 Å². The van der Waals surface area contributed by atoms with E-state index in [2.05, 4.69) is 17.8 Å². The molecule has 0 aliphatic heterocycles. The van der Waals surface area contributed by atoms with Gasteiger partial charge in [0.15, 0.2) is 0 Å². The second-order valence-electron chi connectivity index (χ2n) is 11.3. The molecule has 2 aliphatic rings. The van der Waals surface area contributed by atoms with Crippen LogP contribution < -0.4 is 4.74 Å². The highest BCUT2D eigenvalue weighted by molar-refractivity contribution is 6.31. The maximum absolute atomic E-state index is 11.6. The third-order valence-corrected chi connectivity index (χ3v) is 8.83. The molecule has 0 radical (unpaired) electrons. The molecule has 7 heteroatoms. The lowest BCUT2D eigenvalue weighted by atomic mass is 9.89. The van der Waals surface area contributed by atoms with E-state index >= 15 is 0 Å². The van der Waals surface area contributed by atoms with Crippen molar-refractivity contribution in [2.24, 2.45) is 0 Å². The molecule has 5 rings (SSSR count). The molecule has 0 spiro atoms. The standard InChI is InChI=1S/C34H34Cl2N2O3/c1-21(2)6-4-9-30(35)22(3)32-28(33(41-38-32)24-10-11-24)20-40-27-12-13-29(31(36)17-27)34(39)15-14-26(18-34)25-8-5-7-23(16-25)19-37/h4-9,12-13,16-17,22,24,26,39H,1,10-11,14-15,18,20H2,2-3H3/b6-4-,30-9+. The third-order valence-electron chi connectivity index (χ3n) is 8.06. The summed E-state index contributed by atoms with van der Waals surface area (Å²) in [5, 5.41) is 26.3. The van der Waals surface area contributed by atoms with Crippen LogP contribution in [0.25, 0.3) is 0 Å². The zero-order chi connectivity index (χ0) is 29.1. The number of ether oxygens (including phenoxy) is 1. The first-order valence-electron chi connectivity index (χ1n) is 14.0. The van der Waals surface area contributed by atoms with E-state index in [1.165, 1.54) is 0 Å². The summed E-state index contributed by atoms with van der Waals surface area (Å²) < 4.78 is 12.0. The fourth-order valence-electron chi connectivity index (χ4n) is 5.60. The van der Waals surface area contributed by atoms with Gasteiger partial charge in [0.2, 0.25) is 0 Å². The summed E-state index contributed by atoms with van der Waals surface area (Å²) in [5.41, 5.74) is 4.00. The summed E-state index contributed by atoms with van der Waals surface area (Å²) in [6, 6.07) is 15.3. The Morgan fingerprint density at radius 1 is 1.27 bits per heavy atom. The van der Waals surface area contributed by atoms with Crippen molar-refractivity contribution in [3.63, 3.8) is 0 Å². The predicted molar refractivity (Wildman–Crippen MR) is 162 cm³/mol. The fourth-order valence-corrected chi connectivity index (χ4v) is 6.12. The summed E-state index contributed by atoms with van der Waals surface area (Å²) in [6.45, 7) is 8.08. The van der Waals surface area contributed by atoms with Crippen molar-refractivity contribution < 1.29 is 14.4 Å². The van der Waals surface area contributed by atoms with Crippen LogP contribution in [-0.4, -0.2) is 10.3 Å². The molecule has 1 aromatic heterocycles. The van der Waals surface area contributed by atoms with Gasteiger partial charge in [-0.3, -0.25) is 0 Å². The maximum atomic E-state index is 11.6. The Kier molecular flexibility index (Phi) is 8.75. The highest BCUT2D eigenvalue weighted by Crippen LogP contribution is 2.49. The van der Waals surface area contributed by atoms with E-state index in [4.69, 9.17) is 32.5 Å². The van der Waals surface area contributed by atoms with Crippen molar-refractivity contribution >= 4 is 23.2 Å². The number of hydrogen-bond donors (Lipinski definition) is 1. The molecule has 1 N–H and O–H groups in total. The zero-order valence-electron chi connectivity index (χ0n) is 23.4. The minimum Gasteiger partial charge on any atom is -0.489 e. The topological polar surface area (TPSA) is 79.3 Å². The number of allylic oxidation sites excluding steroid dienone is 5. The molecule has 2 saturated carbocycles. The largest absolute Gasteiger partial charge is 0.489 e. The normalized spacial score (nSPS) is 21.7. The average Bonchev–Trinajstić information content (AvgIpc) is 3.59. The number of nitrogens with zero attached hydrogens (tertiary/aromatic N) is 2. The number of nitriles is 1. The van der Waals surface area contributed by atoms with E-state index < -0.39 is 5.60 Å². The highest BCUT2D eigenvalue weighted by atomic mass is 35.5. The first kappa shape index (κ1) is 29.2. The first-order chi connectivity index (χ1) is 19.7. The van der Waals surface area contributed by atoms with Crippen molar-refractivity contribution in [2.75, 3.05) is 0 Å². The molecule has 0 bridgehead atoms. The predicted octanol–water partition coefficient (Wildman–Crippen LogP) is 9.17. The summed E-state index contributed by atoms with van der Waals surface area (Å²) in [5.74, 6) is 1.82. The number of halogens is 2. The fraction of sp³-hybridized carbons (Fsp3) is 0.353. The van der Waals surface area contributed by atoms with Gasteiger partial charge in [-0.25, -0.2) is 0 Å². The van der Waals surface area contributed by atoms with E-state index in [9.17, 15) is 10.4 Å². The molecular weight excluding hydrogens is 555 g/mol. The van der Waals surface area contributed by atoms with Gasteiger partial charge >= 0.3 is 0 Å². The number of aromatic nitrogens is 1. The van der Waals surface area contributed by atoms with Crippen molar-refractivity contribution in [3.8, 4) is 11.8 Å². The van der Waals surface area contributed by atoms with Crippen LogP contribution in [0.3, 0.4) is 0 Å². The molecule has 41 heavy (non-hydrogen) atoms. The second-order valence-corrected chi connectivity index (χ2v) is 12.1. The average molecular weight is 590 g/mol. The minimum absolute atomic E-state index is 0.160. The lowest BCUT2D eigenvalue weighted by molar-refractivity contribution is 0.0429. The minimum atomic E-state index is -1.04. The van der Waals surface area contributed by atoms with Crippen molar-refractivity contribution in [1.82, 2.24) is 5.16 Å². The molecule has 2 aromatic carbocycles. The maximum Gasteiger partial charge on any atom is 0.146 e. The molecule has 3 atom stereocenters.